The van der Waals surface area contributed by atoms with Crippen molar-refractivity contribution in [2.45, 2.75) is 43.9 Å². The van der Waals surface area contributed by atoms with Gasteiger partial charge in [0, 0.05) is 11.1 Å². The van der Waals surface area contributed by atoms with Crippen LogP contribution in [-0.2, 0) is 21.4 Å². The van der Waals surface area contributed by atoms with Crippen molar-refractivity contribution in [3.63, 3.8) is 0 Å². The summed E-state index contributed by atoms with van der Waals surface area (Å²) >= 11 is 0. The Kier molecular flexibility index (Phi) is 8.79. The molecular weight excluding hydrogens is 606 g/mol. The van der Waals surface area contributed by atoms with Gasteiger partial charge in [-0.1, -0.05) is 11.2 Å². The predicted molar refractivity (Wildman–Crippen MR) is 119 cm³/mol. The number of nitrogens with zero attached hydrogens (tertiary/aromatic N) is 1. The fourth-order valence-electron chi connectivity index (χ4n) is 3.92. The lowest BCUT2D eigenvalue weighted by Crippen LogP contribution is -2.44. The first-order chi connectivity index (χ1) is 19.2. The summed E-state index contributed by atoms with van der Waals surface area (Å²) in [6.45, 7) is -1.22. The normalized spacial score (nSPS) is 17.6. The molecule has 1 unspecified atom stereocenters. The number of carbonyl (C=O) groups excluding carboxylic acids is 2. The number of halogens is 12. The number of hydrogen-bond acceptors (Lipinski definition) is 4. The second-order valence-electron chi connectivity index (χ2n) is 8.96. The minimum Gasteiger partial charge on any atom is -0.374 e. The van der Waals surface area contributed by atoms with Crippen LogP contribution in [0, 0.1) is 12.7 Å². The Balaban J connectivity index is 1.90. The first kappa shape index (κ1) is 32.5. The zero-order chi connectivity index (χ0) is 31.8. The summed E-state index contributed by atoms with van der Waals surface area (Å²) < 4.78 is 161. The highest BCUT2D eigenvalue weighted by molar-refractivity contribution is 6.04. The lowest BCUT2D eigenvalue weighted by atomic mass is 9.84. The molecule has 1 heterocycles. The van der Waals surface area contributed by atoms with Crippen LogP contribution >= 0.6 is 0 Å². The van der Waals surface area contributed by atoms with Gasteiger partial charge in [-0.05, 0) is 42.3 Å². The van der Waals surface area contributed by atoms with Gasteiger partial charge in [0.2, 0.25) is 5.91 Å². The maximum Gasteiger partial charge on any atom is 0.435 e. The van der Waals surface area contributed by atoms with E-state index in [1.807, 2.05) is 5.32 Å². The molecule has 0 aromatic heterocycles. The van der Waals surface area contributed by atoms with Gasteiger partial charge < -0.3 is 15.5 Å². The second kappa shape index (κ2) is 11.4. The van der Waals surface area contributed by atoms with E-state index in [9.17, 15) is 62.3 Å². The number of alkyl halides is 11. The van der Waals surface area contributed by atoms with E-state index in [1.54, 1.807) is 0 Å². The molecule has 18 heteroatoms. The highest BCUT2D eigenvalue weighted by Crippen LogP contribution is 2.51. The number of rotatable bonds is 7. The van der Waals surface area contributed by atoms with Crippen LogP contribution in [0.1, 0.15) is 51.0 Å². The average Bonchev–Trinajstić information content (AvgIpc) is 3.31. The van der Waals surface area contributed by atoms with Crippen LogP contribution in [0.2, 0.25) is 0 Å². The molecular formula is C24H17F12N3O3. The van der Waals surface area contributed by atoms with Crippen LogP contribution in [0.5, 0.6) is 0 Å². The molecule has 0 bridgehead atoms. The zero-order valence-corrected chi connectivity index (χ0v) is 20.8. The molecule has 230 valence electrons. The van der Waals surface area contributed by atoms with Crippen molar-refractivity contribution in [3.05, 3.63) is 69.5 Å². The molecule has 0 saturated heterocycles. The van der Waals surface area contributed by atoms with E-state index in [-0.39, 0.29) is 28.8 Å². The van der Waals surface area contributed by atoms with Crippen LogP contribution in [0.25, 0.3) is 0 Å². The lowest BCUT2D eigenvalue weighted by Gasteiger charge is -2.31. The van der Waals surface area contributed by atoms with Gasteiger partial charge in [-0.25, -0.2) is 13.2 Å². The number of aryl methyl sites for hydroxylation is 1. The standard InChI is InChI=1S/C24H17F12N3O3/c1-10-4-11(2-3-13(10)20(41)37-8-17(40)38-9-22(28,29)30)16-7-21(42-39-16,24(34,35)36)15-6-12(23(31,32)33)5-14(18(15)25)19(26)27/h2-6,19H,7-9H2,1H3,(H,37,41)(H,38,40). The third-order valence-corrected chi connectivity index (χ3v) is 5.98. The smallest absolute Gasteiger partial charge is 0.374 e. The van der Waals surface area contributed by atoms with Crippen molar-refractivity contribution in [2.75, 3.05) is 13.1 Å². The Morgan fingerprint density at radius 2 is 1.64 bits per heavy atom. The summed E-state index contributed by atoms with van der Waals surface area (Å²) in [7, 11) is 0. The van der Waals surface area contributed by atoms with Gasteiger partial charge in [0.15, 0.2) is 0 Å². The van der Waals surface area contributed by atoms with Crippen molar-refractivity contribution in [2.24, 2.45) is 5.16 Å². The van der Waals surface area contributed by atoms with Crippen molar-refractivity contribution in [1.82, 2.24) is 10.6 Å². The summed E-state index contributed by atoms with van der Waals surface area (Å²) in [6, 6.07) is 2.55. The van der Waals surface area contributed by atoms with Gasteiger partial charge in [0.25, 0.3) is 17.9 Å². The monoisotopic (exact) mass is 623 g/mol. The van der Waals surface area contributed by atoms with Crippen molar-refractivity contribution in [3.8, 4) is 0 Å². The van der Waals surface area contributed by atoms with Gasteiger partial charge in [-0.3, -0.25) is 9.59 Å². The molecule has 6 nitrogen and oxygen atoms in total. The number of nitrogens with one attached hydrogen (secondary N) is 2. The van der Waals surface area contributed by atoms with E-state index in [1.165, 1.54) is 12.2 Å². The molecule has 3 rings (SSSR count). The topological polar surface area (TPSA) is 79.8 Å². The summed E-state index contributed by atoms with van der Waals surface area (Å²) in [5.74, 6) is -4.40. The van der Waals surface area contributed by atoms with Crippen molar-refractivity contribution >= 4 is 17.5 Å². The molecule has 2 amide bonds. The zero-order valence-electron chi connectivity index (χ0n) is 20.8. The quantitative estimate of drug-likeness (QED) is 0.367. The van der Waals surface area contributed by atoms with Gasteiger partial charge >= 0.3 is 18.5 Å². The lowest BCUT2D eigenvalue weighted by molar-refractivity contribution is -0.277. The fraction of sp³-hybridized carbons (Fsp3) is 0.375. The molecule has 42 heavy (non-hydrogen) atoms. The van der Waals surface area contributed by atoms with Crippen LogP contribution in [0.15, 0.2) is 35.5 Å². The number of carbonyl (C=O) groups is 2. The molecule has 2 aromatic rings. The molecule has 1 atom stereocenters. The minimum atomic E-state index is -5.66. The number of amides is 2. The maximum atomic E-state index is 14.9. The fourth-order valence-corrected chi connectivity index (χ4v) is 3.92. The van der Waals surface area contributed by atoms with Crippen molar-refractivity contribution in [1.29, 1.82) is 0 Å². The SMILES string of the molecule is Cc1cc(C2=NOC(c3cc(C(F)(F)F)cc(C(F)F)c3F)(C(F)(F)F)C2)ccc1C(=O)NCC(=O)NCC(F)(F)F. The van der Waals surface area contributed by atoms with Crippen LogP contribution in [0.4, 0.5) is 52.7 Å². The molecule has 0 radical (unpaired) electrons. The molecule has 2 N–H and O–H groups in total. The summed E-state index contributed by atoms with van der Waals surface area (Å²) in [4.78, 5) is 28.3. The number of benzene rings is 2. The Bertz CT molecular complexity index is 1400. The number of oxime groups is 1. The van der Waals surface area contributed by atoms with Crippen LogP contribution in [0.3, 0.4) is 0 Å². The Morgan fingerprint density at radius 3 is 2.17 bits per heavy atom. The maximum absolute atomic E-state index is 14.9. The van der Waals surface area contributed by atoms with Crippen LogP contribution in [-0.4, -0.2) is 43.0 Å². The van der Waals surface area contributed by atoms with Crippen molar-refractivity contribution < 1.29 is 67.1 Å². The molecule has 0 saturated carbocycles. The highest BCUT2D eigenvalue weighted by Gasteiger charge is 2.64. The molecule has 2 aromatic carbocycles. The van der Waals surface area contributed by atoms with E-state index in [0.29, 0.717) is 0 Å². The third-order valence-electron chi connectivity index (χ3n) is 5.98. The van der Waals surface area contributed by atoms with Gasteiger partial charge in [0.1, 0.15) is 12.4 Å². The van der Waals surface area contributed by atoms with Gasteiger partial charge in [0.05, 0.1) is 29.8 Å². The second-order valence-corrected chi connectivity index (χ2v) is 8.96. The minimum absolute atomic E-state index is 0.0399. The van der Waals surface area contributed by atoms with Crippen LogP contribution < -0.4 is 10.6 Å². The van der Waals surface area contributed by atoms with E-state index in [4.69, 9.17) is 0 Å². The highest BCUT2D eigenvalue weighted by atomic mass is 19.4. The Hall–Kier alpha value is -3.99. The molecule has 0 spiro atoms. The summed E-state index contributed by atoms with van der Waals surface area (Å²) in [5, 5.41) is 6.80. The molecule has 1 aliphatic rings. The average molecular weight is 623 g/mol. The first-order valence-corrected chi connectivity index (χ1v) is 11.4. The number of hydrogen-bond donors (Lipinski definition) is 2. The molecule has 1 aliphatic heterocycles. The predicted octanol–water partition coefficient (Wildman–Crippen LogP) is 6.08. The van der Waals surface area contributed by atoms with E-state index < -0.39 is 90.1 Å². The Labute approximate surface area is 227 Å². The molecule has 0 aliphatic carbocycles. The third kappa shape index (κ3) is 6.89. The Morgan fingerprint density at radius 1 is 1.00 bits per heavy atom. The summed E-state index contributed by atoms with van der Waals surface area (Å²) in [5.41, 5.74) is -10.6. The summed E-state index contributed by atoms with van der Waals surface area (Å²) in [6.07, 6.45) is -21.1. The first-order valence-electron chi connectivity index (χ1n) is 11.4. The van der Waals surface area contributed by atoms with E-state index >= 15 is 0 Å². The van der Waals surface area contributed by atoms with Gasteiger partial charge in [-0.2, -0.15) is 39.5 Å². The van der Waals surface area contributed by atoms with E-state index in [2.05, 4.69) is 9.99 Å². The molecule has 0 fully saturated rings. The largest absolute Gasteiger partial charge is 0.435 e. The van der Waals surface area contributed by atoms with E-state index in [0.717, 1.165) is 18.2 Å². The van der Waals surface area contributed by atoms with Gasteiger partial charge in [-0.15, -0.1) is 0 Å².